The highest BCUT2D eigenvalue weighted by Gasteiger charge is 2.13. The minimum atomic E-state index is 0.468. The van der Waals surface area contributed by atoms with Crippen LogP contribution in [0.5, 0.6) is 5.75 Å². The number of aldehydes is 1. The SMILES string of the molecule is CC.O=Cc1cc(C2=C[CH]2)ccc1OCc1ccccc1. The summed E-state index contributed by atoms with van der Waals surface area (Å²) in [6.07, 6.45) is 4.88. The van der Waals surface area contributed by atoms with E-state index in [-0.39, 0.29) is 0 Å². The molecule has 2 nitrogen and oxygen atoms in total. The molecule has 0 aromatic heterocycles. The molecule has 0 saturated carbocycles. The van der Waals surface area contributed by atoms with Gasteiger partial charge in [-0.25, -0.2) is 0 Å². The van der Waals surface area contributed by atoms with Crippen molar-refractivity contribution < 1.29 is 9.53 Å². The van der Waals surface area contributed by atoms with Crippen LogP contribution < -0.4 is 4.74 Å². The van der Waals surface area contributed by atoms with Crippen LogP contribution in [0, 0.1) is 6.42 Å². The fourth-order valence-electron chi connectivity index (χ4n) is 1.92. The van der Waals surface area contributed by atoms with Gasteiger partial charge >= 0.3 is 0 Å². The zero-order valence-corrected chi connectivity index (χ0v) is 12.4. The Balaban J connectivity index is 0.000000774. The summed E-state index contributed by atoms with van der Waals surface area (Å²) >= 11 is 0. The third kappa shape index (κ3) is 4.06. The molecule has 0 fully saturated rings. The molecule has 0 saturated heterocycles. The summed E-state index contributed by atoms with van der Waals surface area (Å²) in [7, 11) is 0. The molecule has 0 atom stereocenters. The molecule has 3 rings (SSSR count). The van der Waals surface area contributed by atoms with Gasteiger partial charge in [0.15, 0.2) is 6.29 Å². The number of hydrogen-bond donors (Lipinski definition) is 0. The number of carbonyl (C=O) groups excluding carboxylic acids is 1. The number of carbonyl (C=O) groups is 1. The number of rotatable bonds is 5. The van der Waals surface area contributed by atoms with Crippen molar-refractivity contribution in [3.8, 4) is 5.75 Å². The minimum absolute atomic E-state index is 0.468. The first-order valence-corrected chi connectivity index (χ1v) is 7.18. The summed E-state index contributed by atoms with van der Waals surface area (Å²) < 4.78 is 5.71. The molecule has 1 aliphatic rings. The van der Waals surface area contributed by atoms with E-state index in [1.165, 1.54) is 5.57 Å². The number of hydrogen-bond acceptors (Lipinski definition) is 2. The Labute approximate surface area is 126 Å². The summed E-state index contributed by atoms with van der Waals surface area (Å²) in [4.78, 5) is 11.1. The van der Waals surface area contributed by atoms with Gasteiger partial charge in [0.05, 0.1) is 5.56 Å². The standard InChI is InChI=1S/C17H13O2.C2H6/c18-11-16-10-15(14-6-7-14)8-9-17(16)19-12-13-4-2-1-3-5-13;1-2/h1-11H,12H2;1-2H3. The minimum Gasteiger partial charge on any atom is -0.488 e. The second kappa shape index (κ2) is 7.44. The van der Waals surface area contributed by atoms with Crippen molar-refractivity contribution in [2.75, 3.05) is 0 Å². The third-order valence-corrected chi connectivity index (χ3v) is 3.04. The molecule has 0 unspecified atom stereocenters. The maximum absolute atomic E-state index is 11.1. The van der Waals surface area contributed by atoms with Crippen LogP contribution in [0.2, 0.25) is 0 Å². The lowest BCUT2D eigenvalue weighted by molar-refractivity contribution is 0.111. The van der Waals surface area contributed by atoms with E-state index in [1.54, 1.807) is 0 Å². The fourth-order valence-corrected chi connectivity index (χ4v) is 1.92. The van der Waals surface area contributed by atoms with Crippen LogP contribution in [0.1, 0.15) is 35.3 Å². The molecular formula is C19H19O2. The van der Waals surface area contributed by atoms with Crippen molar-refractivity contribution in [3.05, 3.63) is 77.7 Å². The number of ether oxygens (including phenoxy) is 1. The molecule has 21 heavy (non-hydrogen) atoms. The highest BCUT2D eigenvalue weighted by Crippen LogP contribution is 2.32. The average molecular weight is 279 g/mol. The third-order valence-electron chi connectivity index (χ3n) is 3.04. The summed E-state index contributed by atoms with van der Waals surface area (Å²) in [6, 6.07) is 15.6. The Morgan fingerprint density at radius 1 is 1.05 bits per heavy atom. The lowest BCUT2D eigenvalue weighted by Crippen LogP contribution is -1.98. The predicted octanol–water partition coefficient (Wildman–Crippen LogP) is 4.71. The molecule has 1 aliphatic carbocycles. The second-order valence-corrected chi connectivity index (χ2v) is 4.43. The van der Waals surface area contributed by atoms with Gasteiger partial charge < -0.3 is 4.74 Å². The van der Waals surface area contributed by atoms with Gasteiger partial charge in [0.25, 0.3) is 0 Å². The topological polar surface area (TPSA) is 26.3 Å². The van der Waals surface area contributed by atoms with Gasteiger partial charge in [-0.1, -0.05) is 56.3 Å². The number of allylic oxidation sites excluding steroid dienone is 2. The Morgan fingerprint density at radius 2 is 1.76 bits per heavy atom. The monoisotopic (exact) mass is 279 g/mol. The average Bonchev–Trinajstić information content (AvgIpc) is 3.40. The van der Waals surface area contributed by atoms with Crippen LogP contribution in [0.15, 0.2) is 54.6 Å². The first kappa shape index (κ1) is 15.0. The molecule has 0 bridgehead atoms. The van der Waals surface area contributed by atoms with Crippen molar-refractivity contribution in [2.24, 2.45) is 0 Å². The summed E-state index contributed by atoms with van der Waals surface area (Å²) in [5, 5.41) is 0. The Hall–Kier alpha value is -2.35. The Kier molecular flexibility index (Phi) is 5.33. The molecule has 0 spiro atoms. The van der Waals surface area contributed by atoms with Crippen LogP contribution in [0.25, 0.3) is 5.57 Å². The molecule has 0 aliphatic heterocycles. The molecule has 107 valence electrons. The molecule has 2 aromatic rings. The lowest BCUT2D eigenvalue weighted by atomic mass is 10.1. The van der Waals surface area contributed by atoms with Gasteiger partial charge in [0, 0.05) is 6.42 Å². The van der Waals surface area contributed by atoms with Crippen LogP contribution >= 0.6 is 0 Å². The largest absolute Gasteiger partial charge is 0.488 e. The van der Waals surface area contributed by atoms with Crippen LogP contribution in [0.3, 0.4) is 0 Å². The molecule has 1 radical (unpaired) electrons. The summed E-state index contributed by atoms with van der Waals surface area (Å²) in [6.45, 7) is 4.47. The van der Waals surface area contributed by atoms with Crippen molar-refractivity contribution in [1.82, 2.24) is 0 Å². The Bertz CT molecular complexity index is 627. The van der Waals surface area contributed by atoms with Crippen LogP contribution in [0.4, 0.5) is 0 Å². The van der Waals surface area contributed by atoms with E-state index in [9.17, 15) is 4.79 Å². The van der Waals surface area contributed by atoms with Crippen LogP contribution in [-0.4, -0.2) is 6.29 Å². The lowest BCUT2D eigenvalue weighted by Gasteiger charge is -2.09. The fraction of sp³-hybridized carbons (Fsp3) is 0.158. The van der Waals surface area contributed by atoms with E-state index in [0.29, 0.717) is 17.9 Å². The first-order valence-electron chi connectivity index (χ1n) is 7.18. The quantitative estimate of drug-likeness (QED) is 0.741. The molecule has 0 amide bonds. The highest BCUT2D eigenvalue weighted by atomic mass is 16.5. The van der Waals surface area contributed by atoms with Gasteiger partial charge in [0.1, 0.15) is 12.4 Å². The molecule has 2 aromatic carbocycles. The van der Waals surface area contributed by atoms with Crippen molar-refractivity contribution in [3.63, 3.8) is 0 Å². The van der Waals surface area contributed by atoms with Gasteiger partial charge in [-0.15, -0.1) is 0 Å². The summed E-state index contributed by atoms with van der Waals surface area (Å²) in [5.74, 6) is 0.629. The second-order valence-electron chi connectivity index (χ2n) is 4.43. The first-order chi connectivity index (χ1) is 10.4. The van der Waals surface area contributed by atoms with E-state index in [2.05, 4.69) is 0 Å². The van der Waals surface area contributed by atoms with E-state index in [4.69, 9.17) is 4.74 Å². The van der Waals surface area contributed by atoms with E-state index < -0.39 is 0 Å². The Morgan fingerprint density at radius 3 is 2.38 bits per heavy atom. The summed E-state index contributed by atoms with van der Waals surface area (Å²) in [5.41, 5.74) is 3.92. The maximum atomic E-state index is 11.1. The predicted molar refractivity (Wildman–Crippen MR) is 86.2 cm³/mol. The van der Waals surface area contributed by atoms with E-state index in [0.717, 1.165) is 17.4 Å². The maximum Gasteiger partial charge on any atom is 0.153 e. The highest BCUT2D eigenvalue weighted by molar-refractivity contribution is 5.90. The van der Waals surface area contributed by atoms with E-state index in [1.807, 2.05) is 74.9 Å². The van der Waals surface area contributed by atoms with E-state index >= 15 is 0 Å². The molecular weight excluding hydrogens is 260 g/mol. The van der Waals surface area contributed by atoms with Crippen molar-refractivity contribution in [2.45, 2.75) is 20.5 Å². The van der Waals surface area contributed by atoms with Crippen LogP contribution in [-0.2, 0) is 6.61 Å². The zero-order valence-electron chi connectivity index (χ0n) is 12.4. The van der Waals surface area contributed by atoms with Gasteiger partial charge in [-0.3, -0.25) is 4.79 Å². The number of benzene rings is 2. The smallest absolute Gasteiger partial charge is 0.153 e. The molecule has 2 heteroatoms. The van der Waals surface area contributed by atoms with Crippen molar-refractivity contribution >= 4 is 11.9 Å². The zero-order chi connectivity index (χ0) is 15.1. The molecule has 0 heterocycles. The van der Waals surface area contributed by atoms with Gasteiger partial charge in [-0.05, 0) is 28.8 Å². The molecule has 0 N–H and O–H groups in total. The van der Waals surface area contributed by atoms with Crippen molar-refractivity contribution in [1.29, 1.82) is 0 Å². The normalized spacial score (nSPS) is 11.8. The van der Waals surface area contributed by atoms with Gasteiger partial charge in [-0.2, -0.15) is 0 Å². The van der Waals surface area contributed by atoms with Gasteiger partial charge in [0.2, 0.25) is 0 Å².